The van der Waals surface area contributed by atoms with E-state index in [9.17, 15) is 14.4 Å². The van der Waals surface area contributed by atoms with Crippen LogP contribution in [0.1, 0.15) is 28.8 Å². The molecular weight excluding hydrogens is 374 g/mol. The quantitative estimate of drug-likeness (QED) is 0.368. The molecule has 152 valence electrons. The van der Waals surface area contributed by atoms with Crippen molar-refractivity contribution in [1.29, 1.82) is 0 Å². The maximum atomic E-state index is 12.3. The zero-order valence-corrected chi connectivity index (χ0v) is 16.5. The van der Waals surface area contributed by atoms with Gasteiger partial charge in [-0.1, -0.05) is 0 Å². The number of likely N-dealkylation sites (N-methyl/N-ethyl adjacent to an activating group) is 1. The van der Waals surface area contributed by atoms with Gasteiger partial charge < -0.3 is 19.1 Å². The highest BCUT2D eigenvalue weighted by Crippen LogP contribution is 2.28. The molecule has 0 spiro atoms. The molecule has 1 aliphatic rings. The van der Waals surface area contributed by atoms with Crippen LogP contribution in [0.3, 0.4) is 0 Å². The molecule has 7 nitrogen and oxygen atoms in total. The molecule has 0 unspecified atom stereocenters. The van der Waals surface area contributed by atoms with Crippen LogP contribution in [-0.4, -0.2) is 45.0 Å². The number of ether oxygens (including phenoxy) is 3. The van der Waals surface area contributed by atoms with E-state index in [1.54, 1.807) is 61.5 Å². The van der Waals surface area contributed by atoms with E-state index in [0.717, 1.165) is 17.0 Å². The molecule has 0 aliphatic carbocycles. The number of benzene rings is 2. The minimum atomic E-state index is -0.451. The molecule has 0 saturated carbocycles. The number of rotatable bonds is 9. The van der Waals surface area contributed by atoms with Crippen molar-refractivity contribution in [3.8, 4) is 11.5 Å². The molecule has 0 bridgehead atoms. The predicted molar refractivity (Wildman–Crippen MR) is 107 cm³/mol. The summed E-state index contributed by atoms with van der Waals surface area (Å²) in [5.74, 6) is 0.681. The highest BCUT2D eigenvalue weighted by Gasteiger charge is 2.24. The maximum absolute atomic E-state index is 12.3. The fourth-order valence-electron chi connectivity index (χ4n) is 3.02. The monoisotopic (exact) mass is 397 g/mol. The number of hydrogen-bond acceptors (Lipinski definition) is 6. The Labute approximate surface area is 169 Å². The molecular formula is C22H23NO6. The van der Waals surface area contributed by atoms with Crippen molar-refractivity contribution in [2.45, 2.75) is 19.3 Å². The number of ketones is 1. The Hall–Kier alpha value is -3.35. The first-order valence-electron chi connectivity index (χ1n) is 9.33. The van der Waals surface area contributed by atoms with Crippen molar-refractivity contribution in [1.82, 2.24) is 0 Å². The fraction of sp³-hybridized carbons (Fsp3) is 0.318. The second-order valence-corrected chi connectivity index (χ2v) is 6.68. The lowest BCUT2D eigenvalue weighted by molar-refractivity contribution is -0.142. The SMILES string of the molecule is COc1ccc(OCCCC(=O)OCC(=O)c2ccc3c(c2)CC(=O)N3C)cc1. The van der Waals surface area contributed by atoms with Gasteiger partial charge in [0.2, 0.25) is 5.91 Å². The third-order valence-electron chi connectivity index (χ3n) is 4.70. The van der Waals surface area contributed by atoms with Crippen LogP contribution in [0.5, 0.6) is 11.5 Å². The Balaban J connectivity index is 1.38. The van der Waals surface area contributed by atoms with Gasteiger partial charge in [-0.15, -0.1) is 0 Å². The summed E-state index contributed by atoms with van der Waals surface area (Å²) >= 11 is 0. The van der Waals surface area contributed by atoms with Gasteiger partial charge in [-0.25, -0.2) is 0 Å². The molecule has 0 atom stereocenters. The van der Waals surface area contributed by atoms with Crippen LogP contribution < -0.4 is 14.4 Å². The number of fused-ring (bicyclic) bond motifs is 1. The first-order chi connectivity index (χ1) is 14.0. The van der Waals surface area contributed by atoms with Gasteiger partial charge in [0.1, 0.15) is 11.5 Å². The Morgan fingerprint density at radius 3 is 2.52 bits per heavy atom. The number of Topliss-reactive ketones (excluding diaryl/α,β-unsaturated/α-hetero) is 1. The van der Waals surface area contributed by atoms with Gasteiger partial charge in [0.05, 0.1) is 20.1 Å². The number of methoxy groups -OCH3 is 1. The summed E-state index contributed by atoms with van der Waals surface area (Å²) in [5, 5.41) is 0. The minimum absolute atomic E-state index is 0.00659. The molecule has 2 aromatic rings. The summed E-state index contributed by atoms with van der Waals surface area (Å²) in [4.78, 5) is 37.4. The van der Waals surface area contributed by atoms with Crippen LogP contribution in [0.15, 0.2) is 42.5 Å². The van der Waals surface area contributed by atoms with Crippen molar-refractivity contribution < 1.29 is 28.6 Å². The first-order valence-corrected chi connectivity index (χ1v) is 9.33. The number of carbonyl (C=O) groups is 3. The zero-order chi connectivity index (χ0) is 20.8. The third-order valence-corrected chi connectivity index (χ3v) is 4.70. The Morgan fingerprint density at radius 1 is 1.07 bits per heavy atom. The standard InChI is InChI=1S/C22H23NO6/c1-23-19-10-5-15(12-16(19)13-21(23)25)20(24)14-29-22(26)4-3-11-28-18-8-6-17(27-2)7-9-18/h5-10,12H,3-4,11,13-14H2,1-2H3. The highest BCUT2D eigenvalue weighted by atomic mass is 16.5. The summed E-state index contributed by atoms with van der Waals surface area (Å²) in [7, 11) is 3.30. The topological polar surface area (TPSA) is 82.1 Å². The average Bonchev–Trinajstić information content (AvgIpc) is 3.03. The van der Waals surface area contributed by atoms with Crippen molar-refractivity contribution >= 4 is 23.3 Å². The maximum Gasteiger partial charge on any atom is 0.306 e. The lowest BCUT2D eigenvalue weighted by Crippen LogP contribution is -2.20. The summed E-state index contributed by atoms with van der Waals surface area (Å²) < 4.78 is 15.7. The molecule has 0 radical (unpaired) electrons. The van der Waals surface area contributed by atoms with Gasteiger partial charge in [-0.05, 0) is 54.4 Å². The molecule has 1 amide bonds. The average molecular weight is 397 g/mol. The van der Waals surface area contributed by atoms with Crippen LogP contribution in [0.25, 0.3) is 0 Å². The number of hydrogen-bond donors (Lipinski definition) is 0. The second-order valence-electron chi connectivity index (χ2n) is 6.68. The summed E-state index contributed by atoms with van der Waals surface area (Å²) in [6.45, 7) is 0.0441. The van der Waals surface area contributed by atoms with Gasteiger partial charge in [-0.3, -0.25) is 14.4 Å². The Morgan fingerprint density at radius 2 is 1.79 bits per heavy atom. The van der Waals surface area contributed by atoms with E-state index in [1.165, 1.54) is 0 Å². The molecule has 1 aliphatic heterocycles. The second kappa shape index (κ2) is 9.23. The van der Waals surface area contributed by atoms with Gasteiger partial charge in [0, 0.05) is 24.7 Å². The van der Waals surface area contributed by atoms with Gasteiger partial charge in [0.25, 0.3) is 0 Å². The molecule has 1 heterocycles. The van der Waals surface area contributed by atoms with E-state index >= 15 is 0 Å². The van der Waals surface area contributed by atoms with E-state index in [-0.39, 0.29) is 31.1 Å². The van der Waals surface area contributed by atoms with Crippen LogP contribution >= 0.6 is 0 Å². The van der Waals surface area contributed by atoms with Gasteiger partial charge in [-0.2, -0.15) is 0 Å². The number of amides is 1. The summed E-state index contributed by atoms with van der Waals surface area (Å²) in [6, 6.07) is 12.2. The number of nitrogens with zero attached hydrogens (tertiary/aromatic N) is 1. The minimum Gasteiger partial charge on any atom is -0.497 e. The van der Waals surface area contributed by atoms with Crippen molar-refractivity contribution in [3.05, 3.63) is 53.6 Å². The lowest BCUT2D eigenvalue weighted by Gasteiger charge is -2.10. The van der Waals surface area contributed by atoms with Crippen LogP contribution in [0.2, 0.25) is 0 Å². The molecule has 0 fully saturated rings. The summed E-state index contributed by atoms with van der Waals surface area (Å²) in [5.41, 5.74) is 2.05. The molecule has 7 heteroatoms. The number of esters is 1. The zero-order valence-electron chi connectivity index (χ0n) is 16.5. The highest BCUT2D eigenvalue weighted by molar-refractivity contribution is 6.03. The number of anilines is 1. The first kappa shape index (κ1) is 20.4. The van der Waals surface area contributed by atoms with E-state index in [1.807, 2.05) is 0 Å². The summed E-state index contributed by atoms with van der Waals surface area (Å²) in [6.07, 6.45) is 0.917. The van der Waals surface area contributed by atoms with Gasteiger partial charge in [0.15, 0.2) is 12.4 Å². The van der Waals surface area contributed by atoms with Crippen molar-refractivity contribution in [3.63, 3.8) is 0 Å². The molecule has 29 heavy (non-hydrogen) atoms. The van der Waals surface area contributed by atoms with Crippen LogP contribution in [0.4, 0.5) is 5.69 Å². The largest absolute Gasteiger partial charge is 0.497 e. The lowest BCUT2D eigenvalue weighted by atomic mass is 10.1. The molecule has 3 rings (SSSR count). The van der Waals surface area contributed by atoms with Crippen molar-refractivity contribution in [2.24, 2.45) is 0 Å². The van der Waals surface area contributed by atoms with Crippen LogP contribution in [-0.2, 0) is 20.7 Å². The third kappa shape index (κ3) is 5.13. The normalized spacial score (nSPS) is 12.5. The Kier molecular flexibility index (Phi) is 6.49. The van der Waals surface area contributed by atoms with Gasteiger partial charge >= 0.3 is 5.97 Å². The van der Waals surface area contributed by atoms with E-state index in [4.69, 9.17) is 14.2 Å². The van der Waals surface area contributed by atoms with E-state index < -0.39 is 5.97 Å². The molecule has 2 aromatic carbocycles. The van der Waals surface area contributed by atoms with Crippen LogP contribution in [0, 0.1) is 0 Å². The Bertz CT molecular complexity index is 906. The predicted octanol–water partition coefficient (Wildman–Crippen LogP) is 2.80. The number of carbonyl (C=O) groups excluding carboxylic acids is 3. The fourth-order valence-corrected chi connectivity index (χ4v) is 3.02. The molecule has 0 saturated heterocycles. The van der Waals surface area contributed by atoms with Crippen molar-refractivity contribution in [2.75, 3.05) is 32.3 Å². The molecule has 0 N–H and O–H groups in total. The molecule has 0 aromatic heterocycles. The van der Waals surface area contributed by atoms with E-state index in [2.05, 4.69) is 0 Å². The smallest absolute Gasteiger partial charge is 0.306 e. The van der Waals surface area contributed by atoms with E-state index in [0.29, 0.717) is 24.3 Å².